The van der Waals surface area contributed by atoms with Crippen LogP contribution in [0.25, 0.3) is 11.6 Å². The number of alkyl halides is 7. The van der Waals surface area contributed by atoms with Crippen molar-refractivity contribution in [2.75, 3.05) is 7.11 Å². The highest BCUT2D eigenvalue weighted by Gasteiger charge is 2.74. The standard InChI is InChI=1S/C19H15F7N2O2/c1-30-12-7-5-10(6-8-12)9-11-3-2-4-13-14(11)27-16(29)28-15(13)17(20,21)18(22,23)19(24,25)26/h5-9H,2-4H2,1H3,(H,27,28,29)/b11-9+. The Hall–Kier alpha value is -2.85. The molecule has 1 N–H and O–H groups in total. The van der Waals surface area contributed by atoms with E-state index in [1.165, 1.54) is 18.2 Å². The summed E-state index contributed by atoms with van der Waals surface area (Å²) in [6.07, 6.45) is -4.77. The minimum Gasteiger partial charge on any atom is -0.497 e. The van der Waals surface area contributed by atoms with Crippen LogP contribution < -0.4 is 10.4 Å². The number of fused-ring (bicyclic) bond motifs is 1. The molecular formula is C19H15F7N2O2. The fourth-order valence-electron chi connectivity index (χ4n) is 3.23. The Kier molecular flexibility index (Phi) is 5.42. The van der Waals surface area contributed by atoms with Crippen molar-refractivity contribution in [3.63, 3.8) is 0 Å². The smallest absolute Gasteiger partial charge is 0.460 e. The average molecular weight is 436 g/mol. The van der Waals surface area contributed by atoms with Crippen LogP contribution in [0.5, 0.6) is 5.75 Å². The van der Waals surface area contributed by atoms with Crippen LogP contribution in [0.4, 0.5) is 30.7 Å². The fourth-order valence-corrected chi connectivity index (χ4v) is 3.23. The summed E-state index contributed by atoms with van der Waals surface area (Å²) >= 11 is 0. The molecule has 0 fully saturated rings. The summed E-state index contributed by atoms with van der Waals surface area (Å²) in [6.45, 7) is 0. The van der Waals surface area contributed by atoms with E-state index in [1.807, 2.05) is 0 Å². The van der Waals surface area contributed by atoms with Gasteiger partial charge in [-0.1, -0.05) is 12.1 Å². The first-order chi connectivity index (χ1) is 13.9. The summed E-state index contributed by atoms with van der Waals surface area (Å²) in [5.41, 5.74) is -3.19. The predicted molar refractivity (Wildman–Crippen MR) is 93.6 cm³/mol. The van der Waals surface area contributed by atoms with Crippen LogP contribution in [-0.2, 0) is 12.3 Å². The second-order valence-electron chi connectivity index (χ2n) is 6.69. The molecule has 0 saturated carbocycles. The van der Waals surface area contributed by atoms with Crippen molar-refractivity contribution in [1.29, 1.82) is 0 Å². The maximum Gasteiger partial charge on any atom is 0.460 e. The van der Waals surface area contributed by atoms with E-state index in [9.17, 15) is 35.5 Å². The SMILES string of the molecule is COc1ccc(/C=C2\CCCc3c2nc(=O)[nH]c3C(F)(F)C(F)(F)C(F)(F)F)cc1. The van der Waals surface area contributed by atoms with E-state index in [-0.39, 0.29) is 30.5 Å². The molecule has 0 saturated heterocycles. The van der Waals surface area contributed by atoms with Crippen LogP contribution in [0.3, 0.4) is 0 Å². The lowest BCUT2D eigenvalue weighted by Gasteiger charge is -2.30. The number of rotatable bonds is 4. The lowest BCUT2D eigenvalue weighted by Crippen LogP contribution is -2.51. The van der Waals surface area contributed by atoms with Gasteiger partial charge in [0.05, 0.1) is 12.8 Å². The lowest BCUT2D eigenvalue weighted by molar-refractivity contribution is -0.360. The zero-order chi connectivity index (χ0) is 22.3. The third kappa shape index (κ3) is 3.68. The van der Waals surface area contributed by atoms with Gasteiger partial charge in [0, 0.05) is 5.56 Å². The van der Waals surface area contributed by atoms with E-state index in [0.717, 1.165) is 0 Å². The summed E-state index contributed by atoms with van der Waals surface area (Å²) < 4.78 is 98.7. The first-order valence-electron chi connectivity index (χ1n) is 8.69. The van der Waals surface area contributed by atoms with Crippen LogP contribution >= 0.6 is 0 Å². The zero-order valence-electron chi connectivity index (χ0n) is 15.4. The second-order valence-corrected chi connectivity index (χ2v) is 6.69. The van der Waals surface area contributed by atoms with Crippen LogP contribution in [0.1, 0.15) is 35.4 Å². The predicted octanol–water partition coefficient (Wildman–Crippen LogP) is 4.94. The Morgan fingerprint density at radius 1 is 1.03 bits per heavy atom. The number of hydrogen-bond acceptors (Lipinski definition) is 3. The number of allylic oxidation sites excluding steroid dienone is 1. The number of hydrogen-bond donors (Lipinski definition) is 1. The summed E-state index contributed by atoms with van der Waals surface area (Å²) in [7, 11) is 1.46. The van der Waals surface area contributed by atoms with Gasteiger partial charge < -0.3 is 9.72 Å². The molecule has 1 heterocycles. The van der Waals surface area contributed by atoms with Crippen LogP contribution in [0.15, 0.2) is 29.1 Å². The number of benzene rings is 1. The fraction of sp³-hybridized carbons (Fsp3) is 0.368. The van der Waals surface area contributed by atoms with E-state index < -0.39 is 35.0 Å². The van der Waals surface area contributed by atoms with E-state index in [4.69, 9.17) is 4.74 Å². The van der Waals surface area contributed by atoms with Crippen molar-refractivity contribution in [3.05, 3.63) is 57.3 Å². The Bertz CT molecular complexity index is 1020. The number of methoxy groups -OCH3 is 1. The molecule has 0 bridgehead atoms. The van der Waals surface area contributed by atoms with Gasteiger partial charge in [-0.3, -0.25) is 0 Å². The molecule has 3 rings (SSSR count). The molecule has 1 aromatic heterocycles. The Morgan fingerprint density at radius 2 is 1.67 bits per heavy atom. The van der Waals surface area contributed by atoms with Gasteiger partial charge >= 0.3 is 23.7 Å². The summed E-state index contributed by atoms with van der Waals surface area (Å²) in [6, 6.07) is 6.48. The molecule has 2 aromatic rings. The van der Waals surface area contributed by atoms with Crippen LogP contribution in [0.2, 0.25) is 0 Å². The molecule has 30 heavy (non-hydrogen) atoms. The van der Waals surface area contributed by atoms with Crippen molar-refractivity contribution in [2.45, 2.75) is 37.3 Å². The number of H-pyrrole nitrogens is 1. The third-order valence-electron chi connectivity index (χ3n) is 4.73. The number of nitrogens with zero attached hydrogens (tertiary/aromatic N) is 1. The molecule has 4 nitrogen and oxygen atoms in total. The van der Waals surface area contributed by atoms with Gasteiger partial charge in [0.25, 0.3) is 0 Å². The van der Waals surface area contributed by atoms with Gasteiger partial charge in [0.1, 0.15) is 11.4 Å². The Balaban J connectivity index is 2.15. The number of aromatic amines is 1. The molecule has 0 amide bonds. The second kappa shape index (κ2) is 7.44. The molecule has 0 spiro atoms. The maximum absolute atomic E-state index is 14.3. The van der Waals surface area contributed by atoms with Gasteiger partial charge in [-0.05, 0) is 48.6 Å². The van der Waals surface area contributed by atoms with Gasteiger partial charge in [0.15, 0.2) is 0 Å². The maximum atomic E-state index is 14.3. The van der Waals surface area contributed by atoms with E-state index >= 15 is 0 Å². The largest absolute Gasteiger partial charge is 0.497 e. The molecule has 11 heteroatoms. The highest BCUT2D eigenvalue weighted by Crippen LogP contribution is 2.52. The summed E-state index contributed by atoms with van der Waals surface area (Å²) in [5.74, 6) is -11.5. The Morgan fingerprint density at radius 3 is 2.23 bits per heavy atom. The van der Waals surface area contributed by atoms with Crippen molar-refractivity contribution in [1.82, 2.24) is 9.97 Å². The minimum atomic E-state index is -6.51. The average Bonchev–Trinajstić information content (AvgIpc) is 2.67. The van der Waals surface area contributed by atoms with Crippen molar-refractivity contribution in [3.8, 4) is 5.75 Å². The van der Waals surface area contributed by atoms with Crippen molar-refractivity contribution in [2.24, 2.45) is 0 Å². The van der Waals surface area contributed by atoms with Gasteiger partial charge in [-0.25, -0.2) is 4.79 Å². The highest BCUT2D eigenvalue weighted by molar-refractivity contribution is 5.82. The number of halogens is 7. The zero-order valence-corrected chi connectivity index (χ0v) is 15.4. The highest BCUT2D eigenvalue weighted by atomic mass is 19.4. The first-order valence-corrected chi connectivity index (χ1v) is 8.69. The molecule has 0 aliphatic heterocycles. The number of nitrogens with one attached hydrogen (secondary N) is 1. The molecule has 162 valence electrons. The normalized spacial score (nSPS) is 16.5. The van der Waals surface area contributed by atoms with Gasteiger partial charge in [-0.2, -0.15) is 35.7 Å². The first kappa shape index (κ1) is 21.8. The van der Waals surface area contributed by atoms with Gasteiger partial charge in [0.2, 0.25) is 0 Å². The quantitative estimate of drug-likeness (QED) is 0.691. The molecule has 1 aliphatic carbocycles. The topological polar surface area (TPSA) is 55.0 Å². The summed E-state index contributed by atoms with van der Waals surface area (Å²) in [5, 5.41) is 0. The monoisotopic (exact) mass is 436 g/mol. The molecule has 0 atom stereocenters. The van der Waals surface area contributed by atoms with Crippen molar-refractivity contribution < 1.29 is 35.5 Å². The minimum absolute atomic E-state index is 0.198. The van der Waals surface area contributed by atoms with Gasteiger partial charge in [-0.15, -0.1) is 0 Å². The molecule has 1 aromatic carbocycles. The van der Waals surface area contributed by atoms with Crippen LogP contribution in [0, 0.1) is 0 Å². The molecule has 1 aliphatic rings. The molecule has 0 unspecified atom stereocenters. The lowest BCUT2D eigenvalue weighted by atomic mass is 9.87. The van der Waals surface area contributed by atoms with E-state index in [1.54, 1.807) is 24.3 Å². The third-order valence-corrected chi connectivity index (χ3v) is 4.73. The number of ether oxygens (including phenoxy) is 1. The summed E-state index contributed by atoms with van der Waals surface area (Å²) in [4.78, 5) is 16.8. The van der Waals surface area contributed by atoms with Crippen molar-refractivity contribution >= 4 is 11.6 Å². The van der Waals surface area contributed by atoms with E-state index in [0.29, 0.717) is 11.3 Å². The molecular weight excluding hydrogens is 421 g/mol. The Labute approximate surface area is 165 Å². The van der Waals surface area contributed by atoms with Crippen LogP contribution in [-0.4, -0.2) is 29.2 Å². The molecule has 0 radical (unpaired) electrons. The van der Waals surface area contributed by atoms with E-state index in [2.05, 4.69) is 4.98 Å². The number of aromatic nitrogens is 2.